The van der Waals surface area contributed by atoms with Crippen LogP contribution in [0.25, 0.3) is 21.4 Å². The highest BCUT2D eigenvalue weighted by atomic mass is 79.9. The van der Waals surface area contributed by atoms with Gasteiger partial charge in [-0.05, 0) is 17.7 Å². The van der Waals surface area contributed by atoms with E-state index >= 15 is 0 Å². The molecule has 0 aliphatic carbocycles. The Labute approximate surface area is 167 Å². The minimum absolute atomic E-state index is 0.0556. The van der Waals surface area contributed by atoms with Gasteiger partial charge in [0.15, 0.2) is 23.1 Å². The van der Waals surface area contributed by atoms with Crippen molar-refractivity contribution in [2.24, 2.45) is 0 Å². The predicted molar refractivity (Wildman–Crippen MR) is 106 cm³/mol. The number of fused-ring (bicyclic) bond motifs is 1. The van der Waals surface area contributed by atoms with E-state index in [-0.39, 0.29) is 12.3 Å². The molecule has 0 aliphatic rings. The lowest BCUT2D eigenvalue weighted by Crippen LogP contribution is -2.03. The van der Waals surface area contributed by atoms with E-state index in [2.05, 4.69) is 25.9 Å². The van der Waals surface area contributed by atoms with Crippen molar-refractivity contribution in [3.8, 4) is 11.4 Å². The van der Waals surface area contributed by atoms with Crippen molar-refractivity contribution in [1.29, 1.82) is 0 Å². The number of halogens is 3. The number of rotatable bonds is 4. The Morgan fingerprint density at radius 3 is 2.46 bits per heavy atom. The fourth-order valence-corrected chi connectivity index (χ4v) is 3.42. The van der Waals surface area contributed by atoms with Crippen LogP contribution in [0.5, 0.6) is 5.75 Å². The van der Waals surface area contributed by atoms with Crippen molar-refractivity contribution >= 4 is 32.5 Å². The van der Waals surface area contributed by atoms with Crippen molar-refractivity contribution in [2.45, 2.75) is 6.61 Å². The van der Waals surface area contributed by atoms with Gasteiger partial charge in [0.2, 0.25) is 0 Å². The predicted octanol–water partition coefficient (Wildman–Crippen LogP) is 6.20. The maximum Gasteiger partial charge on any atom is 0.191 e. The molecule has 0 aliphatic heterocycles. The van der Waals surface area contributed by atoms with E-state index in [0.717, 1.165) is 23.1 Å². The Morgan fingerprint density at radius 1 is 1.07 bits per heavy atom. The molecule has 0 N–H and O–H groups in total. The number of nitrogens with zero attached hydrogens (tertiary/aromatic N) is 3. The second kappa shape index (κ2) is 7.41. The number of hydrogen-bond acceptors (Lipinski definition) is 2. The highest BCUT2D eigenvalue weighted by Gasteiger charge is 2.16. The average Bonchev–Trinajstić information content (AvgIpc) is 3.12. The van der Waals surface area contributed by atoms with Crippen molar-refractivity contribution < 1.29 is 13.5 Å². The maximum absolute atomic E-state index is 14.6. The molecule has 28 heavy (non-hydrogen) atoms. The molecule has 3 aromatic carbocycles. The first-order chi connectivity index (χ1) is 13.6. The normalized spacial score (nSPS) is 10.8. The first-order valence-electron chi connectivity index (χ1n) is 8.27. The summed E-state index contributed by atoms with van der Waals surface area (Å²) in [6.07, 6.45) is 1.57. The number of ether oxygens (including phenoxy) is 1. The van der Waals surface area contributed by atoms with Gasteiger partial charge in [-0.1, -0.05) is 46.3 Å². The summed E-state index contributed by atoms with van der Waals surface area (Å²) in [5.41, 5.74) is 1.97. The van der Waals surface area contributed by atoms with Crippen LogP contribution in [0, 0.1) is 18.2 Å². The molecule has 7 heteroatoms. The van der Waals surface area contributed by atoms with E-state index in [0.29, 0.717) is 15.7 Å². The van der Waals surface area contributed by atoms with Crippen molar-refractivity contribution in [3.63, 3.8) is 0 Å². The number of aromatic nitrogens is 2. The molecule has 0 atom stereocenters. The summed E-state index contributed by atoms with van der Waals surface area (Å²) in [4.78, 5) is 3.41. The van der Waals surface area contributed by atoms with Crippen LogP contribution in [0.4, 0.5) is 14.5 Å². The zero-order valence-electron chi connectivity index (χ0n) is 14.4. The Kier molecular flexibility index (Phi) is 4.80. The van der Waals surface area contributed by atoms with Crippen LogP contribution in [-0.4, -0.2) is 9.78 Å². The third-order valence-corrected chi connectivity index (χ3v) is 4.86. The molecule has 0 amide bonds. The third kappa shape index (κ3) is 3.35. The number of hydrogen-bond donors (Lipinski definition) is 0. The SMILES string of the molecule is [C-]#[N+]c1cc(Br)c2cnn(-c3cc(F)c(OCc4ccccc4)c(F)c3)c2c1. The first-order valence-corrected chi connectivity index (χ1v) is 9.07. The van der Waals surface area contributed by atoms with Gasteiger partial charge in [0, 0.05) is 22.0 Å². The van der Waals surface area contributed by atoms with Crippen LogP contribution in [0.3, 0.4) is 0 Å². The van der Waals surface area contributed by atoms with Gasteiger partial charge in [-0.25, -0.2) is 18.3 Å². The monoisotopic (exact) mass is 439 g/mol. The van der Waals surface area contributed by atoms with E-state index in [1.165, 1.54) is 4.68 Å². The fourth-order valence-electron chi connectivity index (χ4n) is 2.88. The van der Waals surface area contributed by atoms with E-state index in [9.17, 15) is 8.78 Å². The van der Waals surface area contributed by atoms with Gasteiger partial charge < -0.3 is 4.74 Å². The van der Waals surface area contributed by atoms with E-state index in [4.69, 9.17) is 11.3 Å². The Hall–Kier alpha value is -3.24. The molecule has 0 spiro atoms. The topological polar surface area (TPSA) is 31.4 Å². The molecular weight excluding hydrogens is 428 g/mol. The largest absolute Gasteiger partial charge is 0.483 e. The summed E-state index contributed by atoms with van der Waals surface area (Å²) in [6, 6.07) is 14.7. The van der Waals surface area contributed by atoms with Gasteiger partial charge in [0.05, 0.1) is 24.0 Å². The van der Waals surface area contributed by atoms with E-state index in [1.54, 1.807) is 18.3 Å². The fraction of sp³-hybridized carbons (Fsp3) is 0.0476. The summed E-state index contributed by atoms with van der Waals surface area (Å²) in [5, 5.41) is 4.95. The highest BCUT2D eigenvalue weighted by Crippen LogP contribution is 2.32. The molecule has 4 aromatic rings. The average molecular weight is 440 g/mol. The van der Waals surface area contributed by atoms with Crippen molar-refractivity contribution in [2.75, 3.05) is 0 Å². The summed E-state index contributed by atoms with van der Waals surface area (Å²) < 4.78 is 36.6. The first kappa shape index (κ1) is 18.1. The van der Waals surface area contributed by atoms with Crippen LogP contribution >= 0.6 is 15.9 Å². The molecule has 0 bridgehead atoms. The Balaban J connectivity index is 1.71. The maximum atomic E-state index is 14.6. The van der Waals surface area contributed by atoms with Crippen LogP contribution in [0.2, 0.25) is 0 Å². The summed E-state index contributed by atoms with van der Waals surface area (Å²) in [5.74, 6) is -2.09. The molecule has 138 valence electrons. The molecule has 0 fully saturated rings. The van der Waals surface area contributed by atoms with Gasteiger partial charge in [0.1, 0.15) is 6.61 Å². The summed E-state index contributed by atoms with van der Waals surface area (Å²) >= 11 is 3.39. The molecule has 4 nitrogen and oxygen atoms in total. The van der Waals surface area contributed by atoms with Crippen molar-refractivity contribution in [3.05, 3.63) is 93.9 Å². The zero-order chi connectivity index (χ0) is 19.7. The molecule has 0 radical (unpaired) electrons. The third-order valence-electron chi connectivity index (χ3n) is 4.21. The van der Waals surface area contributed by atoms with E-state index < -0.39 is 17.4 Å². The van der Waals surface area contributed by atoms with Crippen LogP contribution in [-0.2, 0) is 6.61 Å². The molecule has 0 saturated carbocycles. The quantitative estimate of drug-likeness (QED) is 0.354. The minimum atomic E-state index is -0.824. The van der Waals surface area contributed by atoms with Crippen LogP contribution in [0.1, 0.15) is 5.56 Å². The van der Waals surface area contributed by atoms with Gasteiger partial charge in [-0.2, -0.15) is 5.10 Å². The molecule has 1 aromatic heterocycles. The van der Waals surface area contributed by atoms with Crippen LogP contribution < -0.4 is 4.74 Å². The van der Waals surface area contributed by atoms with Gasteiger partial charge >= 0.3 is 0 Å². The van der Waals surface area contributed by atoms with Crippen LogP contribution in [0.15, 0.2) is 65.3 Å². The molecule has 4 rings (SSSR count). The zero-order valence-corrected chi connectivity index (χ0v) is 16.0. The van der Waals surface area contributed by atoms with E-state index in [1.807, 2.05) is 30.3 Å². The Bertz CT molecular complexity index is 1190. The van der Waals surface area contributed by atoms with Gasteiger partial charge in [-0.15, -0.1) is 0 Å². The van der Waals surface area contributed by atoms with Gasteiger partial charge in [-0.3, -0.25) is 0 Å². The second-order valence-corrected chi connectivity index (χ2v) is 6.90. The summed E-state index contributed by atoms with van der Waals surface area (Å²) in [7, 11) is 0. The molecule has 0 unspecified atom stereocenters. The van der Waals surface area contributed by atoms with Crippen molar-refractivity contribution in [1.82, 2.24) is 9.78 Å². The lowest BCUT2D eigenvalue weighted by Gasteiger charge is -2.11. The minimum Gasteiger partial charge on any atom is -0.483 e. The summed E-state index contributed by atoms with van der Waals surface area (Å²) in [6.45, 7) is 7.25. The smallest absolute Gasteiger partial charge is 0.191 e. The molecule has 0 saturated heterocycles. The van der Waals surface area contributed by atoms with Gasteiger partial charge in [0.25, 0.3) is 0 Å². The molecular formula is C21H12BrF2N3O. The lowest BCUT2D eigenvalue weighted by molar-refractivity contribution is 0.274. The number of benzene rings is 3. The highest BCUT2D eigenvalue weighted by molar-refractivity contribution is 9.10. The molecule has 1 heterocycles. The Morgan fingerprint density at radius 2 is 1.79 bits per heavy atom. The lowest BCUT2D eigenvalue weighted by atomic mass is 10.2. The second-order valence-electron chi connectivity index (χ2n) is 6.04. The standard InChI is InChI=1S/C21H12BrF2N3O/c1-25-14-7-17(22)16-11-26-27(20(16)8-14)15-9-18(23)21(19(24)10-15)28-12-13-5-3-2-4-6-13/h2-11H,12H2.